The molecule has 2 aliphatic rings. The lowest BCUT2D eigenvalue weighted by atomic mass is 10.2. The fraction of sp³-hybridized carbons (Fsp3) is 0.750. The van der Waals surface area contributed by atoms with Crippen molar-refractivity contribution in [2.75, 3.05) is 39.3 Å². The Morgan fingerprint density at radius 2 is 2.00 bits per heavy atom. The highest BCUT2D eigenvalue weighted by Crippen LogP contribution is 2.33. The van der Waals surface area contributed by atoms with E-state index in [1.807, 2.05) is 29.7 Å². The third-order valence-corrected chi connectivity index (χ3v) is 5.56. The van der Waals surface area contributed by atoms with Crippen LogP contribution in [0.4, 0.5) is 0 Å². The van der Waals surface area contributed by atoms with E-state index in [-0.39, 0.29) is 4.75 Å². The van der Waals surface area contributed by atoms with Gasteiger partial charge in [0.15, 0.2) is 5.17 Å². The minimum Gasteiger partial charge on any atom is -0.349 e. The van der Waals surface area contributed by atoms with Gasteiger partial charge in [-0.05, 0) is 38.8 Å². The molecule has 0 saturated carbocycles. The summed E-state index contributed by atoms with van der Waals surface area (Å²) in [5, 5.41) is 5.49. The predicted molar refractivity (Wildman–Crippen MR) is 93.5 cm³/mol. The van der Waals surface area contributed by atoms with Crippen LogP contribution < -0.4 is 0 Å². The zero-order valence-electron chi connectivity index (χ0n) is 14.0. The molecule has 1 saturated heterocycles. The lowest BCUT2D eigenvalue weighted by molar-refractivity contribution is 0.182. The van der Waals surface area contributed by atoms with Crippen molar-refractivity contribution in [3.8, 4) is 0 Å². The summed E-state index contributed by atoms with van der Waals surface area (Å²) in [7, 11) is 1.98. The second-order valence-electron chi connectivity index (χ2n) is 6.92. The second-order valence-corrected chi connectivity index (χ2v) is 8.59. The van der Waals surface area contributed by atoms with E-state index >= 15 is 0 Å². The maximum absolute atomic E-state index is 4.72. The highest BCUT2D eigenvalue weighted by Gasteiger charge is 2.31. The molecule has 1 aromatic heterocycles. The number of hydrogen-bond acceptors (Lipinski definition) is 5. The lowest BCUT2D eigenvalue weighted by Crippen LogP contribution is -2.48. The summed E-state index contributed by atoms with van der Waals surface area (Å²) in [5.74, 6) is 0. The Hall–Kier alpha value is -1.01. The van der Waals surface area contributed by atoms with Gasteiger partial charge in [0.1, 0.15) is 0 Å². The minimum atomic E-state index is 0.288. The molecular weight excluding hydrogens is 294 g/mol. The Kier molecular flexibility index (Phi) is 4.78. The van der Waals surface area contributed by atoms with E-state index in [0.717, 1.165) is 39.1 Å². The first-order chi connectivity index (χ1) is 10.5. The highest BCUT2D eigenvalue weighted by atomic mass is 32.2. The third-order valence-electron chi connectivity index (χ3n) is 4.30. The molecule has 6 heteroatoms. The number of piperazine rings is 1. The molecule has 3 rings (SSSR count). The monoisotopic (exact) mass is 321 g/mol. The van der Waals surface area contributed by atoms with Crippen molar-refractivity contribution in [2.24, 2.45) is 12.0 Å². The average molecular weight is 321 g/mol. The van der Waals surface area contributed by atoms with Crippen LogP contribution in [0.5, 0.6) is 0 Å². The van der Waals surface area contributed by atoms with E-state index in [1.54, 1.807) is 0 Å². The molecule has 0 unspecified atom stereocenters. The van der Waals surface area contributed by atoms with E-state index in [9.17, 15) is 0 Å². The summed E-state index contributed by atoms with van der Waals surface area (Å²) in [6.45, 7) is 11.3. The number of amidine groups is 1. The number of aliphatic imine (C=N–C) groups is 1. The van der Waals surface area contributed by atoms with E-state index in [4.69, 9.17) is 4.99 Å². The maximum Gasteiger partial charge on any atom is 0.159 e. The summed E-state index contributed by atoms with van der Waals surface area (Å²) in [5.41, 5.74) is 1.35. The lowest BCUT2D eigenvalue weighted by Gasteiger charge is -2.36. The van der Waals surface area contributed by atoms with Gasteiger partial charge in [-0.2, -0.15) is 5.10 Å². The molecular formula is C16H27N5S. The van der Waals surface area contributed by atoms with Gasteiger partial charge in [0.05, 0.1) is 12.7 Å². The maximum atomic E-state index is 4.72. The minimum absolute atomic E-state index is 0.288. The van der Waals surface area contributed by atoms with E-state index in [1.165, 1.54) is 23.7 Å². The van der Waals surface area contributed by atoms with Gasteiger partial charge in [0, 0.05) is 44.2 Å². The Morgan fingerprint density at radius 1 is 1.23 bits per heavy atom. The summed E-state index contributed by atoms with van der Waals surface area (Å²) < 4.78 is 2.17. The smallest absolute Gasteiger partial charge is 0.159 e. The Morgan fingerprint density at radius 3 is 2.59 bits per heavy atom. The summed E-state index contributed by atoms with van der Waals surface area (Å²) in [6.07, 6.45) is 6.45. The molecule has 0 atom stereocenters. The Bertz CT molecular complexity index is 528. The first-order valence-corrected chi connectivity index (χ1v) is 9.02. The van der Waals surface area contributed by atoms with Crippen LogP contribution in [-0.4, -0.2) is 68.8 Å². The number of hydrogen-bond donors (Lipinski definition) is 0. The van der Waals surface area contributed by atoms with Crippen LogP contribution >= 0.6 is 11.8 Å². The zero-order chi connectivity index (χ0) is 15.6. The van der Waals surface area contributed by atoms with Gasteiger partial charge in [-0.3, -0.25) is 14.6 Å². The van der Waals surface area contributed by atoms with Crippen LogP contribution in [0, 0.1) is 0 Å². The van der Waals surface area contributed by atoms with Crippen molar-refractivity contribution in [1.82, 2.24) is 19.6 Å². The molecule has 0 spiro atoms. The van der Waals surface area contributed by atoms with Crippen LogP contribution in [0.15, 0.2) is 17.4 Å². The predicted octanol–water partition coefficient (Wildman–Crippen LogP) is 1.85. The number of aryl methyl sites for hydroxylation is 2. The summed E-state index contributed by atoms with van der Waals surface area (Å²) in [6, 6.07) is 0. The van der Waals surface area contributed by atoms with Crippen LogP contribution in [0.25, 0.3) is 0 Å². The van der Waals surface area contributed by atoms with Crippen molar-refractivity contribution in [3.05, 3.63) is 18.0 Å². The van der Waals surface area contributed by atoms with Crippen molar-refractivity contribution in [3.63, 3.8) is 0 Å². The SMILES string of the molecule is Cn1cc(CCCN2CCN(C3=NCC(C)(C)S3)CC2)cn1. The Labute approximate surface area is 137 Å². The molecule has 0 bridgehead atoms. The van der Waals surface area contributed by atoms with Crippen molar-refractivity contribution < 1.29 is 0 Å². The fourth-order valence-electron chi connectivity index (χ4n) is 3.00. The molecule has 0 radical (unpaired) electrons. The third kappa shape index (κ3) is 4.04. The molecule has 1 fully saturated rings. The quantitative estimate of drug-likeness (QED) is 0.848. The van der Waals surface area contributed by atoms with Gasteiger partial charge in [0.2, 0.25) is 0 Å². The first-order valence-electron chi connectivity index (χ1n) is 8.20. The molecule has 0 amide bonds. The molecule has 0 aliphatic carbocycles. The molecule has 2 aliphatic heterocycles. The van der Waals surface area contributed by atoms with E-state index in [0.29, 0.717) is 0 Å². The molecule has 122 valence electrons. The zero-order valence-corrected chi connectivity index (χ0v) is 14.8. The van der Waals surface area contributed by atoms with Crippen molar-refractivity contribution in [2.45, 2.75) is 31.4 Å². The number of thioether (sulfide) groups is 1. The van der Waals surface area contributed by atoms with Gasteiger partial charge < -0.3 is 4.90 Å². The average Bonchev–Trinajstić information content (AvgIpc) is 3.05. The topological polar surface area (TPSA) is 36.7 Å². The number of rotatable bonds is 4. The fourth-order valence-corrected chi connectivity index (χ4v) is 4.07. The highest BCUT2D eigenvalue weighted by molar-refractivity contribution is 8.15. The summed E-state index contributed by atoms with van der Waals surface area (Å²) in [4.78, 5) is 9.77. The first kappa shape index (κ1) is 15.9. The van der Waals surface area contributed by atoms with Gasteiger partial charge >= 0.3 is 0 Å². The van der Waals surface area contributed by atoms with Gasteiger partial charge in [-0.1, -0.05) is 11.8 Å². The number of aromatic nitrogens is 2. The molecule has 3 heterocycles. The second kappa shape index (κ2) is 6.62. The molecule has 0 N–H and O–H groups in total. The molecule has 0 aromatic carbocycles. The van der Waals surface area contributed by atoms with Crippen LogP contribution in [0.3, 0.4) is 0 Å². The van der Waals surface area contributed by atoms with Gasteiger partial charge in [-0.25, -0.2) is 0 Å². The van der Waals surface area contributed by atoms with Crippen LogP contribution in [0.2, 0.25) is 0 Å². The molecule has 22 heavy (non-hydrogen) atoms. The molecule has 5 nitrogen and oxygen atoms in total. The van der Waals surface area contributed by atoms with Gasteiger partial charge in [0.25, 0.3) is 0 Å². The van der Waals surface area contributed by atoms with Crippen molar-refractivity contribution in [1.29, 1.82) is 0 Å². The van der Waals surface area contributed by atoms with Crippen LogP contribution in [0.1, 0.15) is 25.8 Å². The van der Waals surface area contributed by atoms with Gasteiger partial charge in [-0.15, -0.1) is 0 Å². The largest absolute Gasteiger partial charge is 0.349 e. The van der Waals surface area contributed by atoms with E-state index in [2.05, 4.69) is 34.9 Å². The normalized spacial score (nSPS) is 22.1. The molecule has 1 aromatic rings. The van der Waals surface area contributed by atoms with Crippen molar-refractivity contribution >= 4 is 16.9 Å². The number of nitrogens with zero attached hydrogens (tertiary/aromatic N) is 5. The standard InChI is InChI=1S/C16H27N5S/c1-16(2)13-17-15(22-16)21-9-7-20(8-10-21)6-4-5-14-11-18-19(3)12-14/h11-12H,4-10,13H2,1-3H3. The van der Waals surface area contributed by atoms with E-state index < -0.39 is 0 Å². The summed E-state index contributed by atoms with van der Waals surface area (Å²) >= 11 is 1.94. The Balaban J connectivity index is 1.37. The van der Waals surface area contributed by atoms with Crippen LogP contribution in [-0.2, 0) is 13.5 Å².